The van der Waals surface area contributed by atoms with E-state index >= 15 is 0 Å². The standard InChI is InChI=1S/C16H22N4O/c1-3-20(4-2)15(21)8-10-19-14-6-5-12-11-18-9-7-13(12)16(14)17/h5-7,9,11,19H,3-4,8,10,17H2,1-2H3. The van der Waals surface area contributed by atoms with Crippen molar-refractivity contribution in [3.8, 4) is 0 Å². The molecular weight excluding hydrogens is 264 g/mol. The van der Waals surface area contributed by atoms with Crippen LogP contribution in [0.5, 0.6) is 0 Å². The number of aromatic nitrogens is 1. The second-order valence-corrected chi connectivity index (χ2v) is 4.87. The van der Waals surface area contributed by atoms with E-state index in [1.54, 1.807) is 12.4 Å². The van der Waals surface area contributed by atoms with Gasteiger partial charge in [0, 0.05) is 49.2 Å². The lowest BCUT2D eigenvalue weighted by molar-refractivity contribution is -0.130. The number of amides is 1. The molecule has 0 saturated carbocycles. The van der Waals surface area contributed by atoms with Gasteiger partial charge in [-0.3, -0.25) is 9.78 Å². The first-order valence-electron chi connectivity index (χ1n) is 7.31. The number of fused-ring (bicyclic) bond motifs is 1. The summed E-state index contributed by atoms with van der Waals surface area (Å²) < 4.78 is 0. The molecule has 0 unspecified atom stereocenters. The molecule has 2 aromatic rings. The predicted molar refractivity (Wildman–Crippen MR) is 87.2 cm³/mol. The molecule has 21 heavy (non-hydrogen) atoms. The first-order valence-corrected chi connectivity index (χ1v) is 7.31. The van der Waals surface area contributed by atoms with Crippen molar-refractivity contribution in [2.45, 2.75) is 20.3 Å². The molecule has 0 radical (unpaired) electrons. The molecule has 0 aliphatic rings. The number of nitrogens with zero attached hydrogens (tertiary/aromatic N) is 2. The Kier molecular flexibility index (Phi) is 4.98. The normalized spacial score (nSPS) is 10.6. The average molecular weight is 286 g/mol. The van der Waals surface area contributed by atoms with Gasteiger partial charge in [-0.25, -0.2) is 0 Å². The number of pyridine rings is 1. The monoisotopic (exact) mass is 286 g/mol. The van der Waals surface area contributed by atoms with Crippen LogP contribution in [0.3, 0.4) is 0 Å². The lowest BCUT2D eigenvalue weighted by Crippen LogP contribution is -2.31. The van der Waals surface area contributed by atoms with Crippen LogP contribution in [-0.2, 0) is 4.79 Å². The molecule has 0 fully saturated rings. The molecule has 1 amide bonds. The Bertz CT molecular complexity index is 623. The lowest BCUT2D eigenvalue weighted by Gasteiger charge is -2.19. The SMILES string of the molecule is CCN(CC)C(=O)CCNc1ccc2cnccc2c1N. The van der Waals surface area contributed by atoms with Crippen LogP contribution in [0.4, 0.5) is 11.4 Å². The number of nitrogens with two attached hydrogens (primary N) is 1. The maximum Gasteiger partial charge on any atom is 0.224 e. The van der Waals surface area contributed by atoms with E-state index in [1.807, 2.05) is 36.9 Å². The second-order valence-electron chi connectivity index (χ2n) is 4.87. The van der Waals surface area contributed by atoms with Crippen LogP contribution in [0.1, 0.15) is 20.3 Å². The molecule has 1 aromatic heterocycles. The lowest BCUT2D eigenvalue weighted by atomic mass is 10.1. The van der Waals surface area contributed by atoms with Crippen LogP contribution in [0.15, 0.2) is 30.6 Å². The number of anilines is 2. The Morgan fingerprint density at radius 1 is 1.29 bits per heavy atom. The smallest absolute Gasteiger partial charge is 0.224 e. The van der Waals surface area contributed by atoms with E-state index in [1.165, 1.54) is 0 Å². The van der Waals surface area contributed by atoms with Gasteiger partial charge in [0.15, 0.2) is 0 Å². The molecule has 112 valence electrons. The van der Waals surface area contributed by atoms with Crippen LogP contribution < -0.4 is 11.1 Å². The van der Waals surface area contributed by atoms with Gasteiger partial charge in [-0.15, -0.1) is 0 Å². The molecule has 0 bridgehead atoms. The molecule has 0 atom stereocenters. The Hall–Kier alpha value is -2.30. The van der Waals surface area contributed by atoms with Gasteiger partial charge in [-0.2, -0.15) is 0 Å². The fourth-order valence-corrected chi connectivity index (χ4v) is 2.39. The van der Waals surface area contributed by atoms with E-state index < -0.39 is 0 Å². The molecule has 3 N–H and O–H groups in total. The minimum Gasteiger partial charge on any atom is -0.397 e. The van der Waals surface area contributed by atoms with Crippen molar-refractivity contribution in [3.05, 3.63) is 30.6 Å². The van der Waals surface area contributed by atoms with E-state index in [-0.39, 0.29) is 5.91 Å². The van der Waals surface area contributed by atoms with Crippen molar-refractivity contribution in [1.29, 1.82) is 0 Å². The summed E-state index contributed by atoms with van der Waals surface area (Å²) in [6.07, 6.45) is 3.99. The molecule has 0 saturated heterocycles. The van der Waals surface area contributed by atoms with Crippen LogP contribution in [-0.4, -0.2) is 35.4 Å². The number of carbonyl (C=O) groups excluding carboxylic acids is 1. The van der Waals surface area contributed by atoms with Crippen LogP contribution in [0.25, 0.3) is 10.8 Å². The third-order valence-corrected chi connectivity index (χ3v) is 3.63. The fraction of sp³-hybridized carbons (Fsp3) is 0.375. The minimum atomic E-state index is 0.163. The van der Waals surface area contributed by atoms with Gasteiger partial charge >= 0.3 is 0 Å². The molecule has 0 aliphatic carbocycles. The van der Waals surface area contributed by atoms with E-state index in [9.17, 15) is 4.79 Å². The number of benzene rings is 1. The van der Waals surface area contributed by atoms with Crippen molar-refractivity contribution in [1.82, 2.24) is 9.88 Å². The highest BCUT2D eigenvalue weighted by Crippen LogP contribution is 2.27. The third-order valence-electron chi connectivity index (χ3n) is 3.63. The maximum atomic E-state index is 11.9. The molecule has 0 aliphatic heterocycles. The third kappa shape index (κ3) is 3.42. The van der Waals surface area contributed by atoms with E-state index in [0.717, 1.165) is 29.5 Å². The highest BCUT2D eigenvalue weighted by molar-refractivity contribution is 5.98. The zero-order valence-corrected chi connectivity index (χ0v) is 12.6. The zero-order valence-electron chi connectivity index (χ0n) is 12.6. The number of hydrogen-bond acceptors (Lipinski definition) is 4. The van der Waals surface area contributed by atoms with Gasteiger partial charge in [0.2, 0.25) is 5.91 Å². The molecule has 5 nitrogen and oxygen atoms in total. The number of hydrogen-bond donors (Lipinski definition) is 2. The maximum absolute atomic E-state index is 11.9. The highest BCUT2D eigenvalue weighted by Gasteiger charge is 2.09. The van der Waals surface area contributed by atoms with Gasteiger partial charge in [0.25, 0.3) is 0 Å². The van der Waals surface area contributed by atoms with Gasteiger partial charge in [-0.05, 0) is 26.0 Å². The van der Waals surface area contributed by atoms with Gasteiger partial charge < -0.3 is 16.0 Å². The Labute approximate surface area is 125 Å². The summed E-state index contributed by atoms with van der Waals surface area (Å²) in [4.78, 5) is 17.9. The predicted octanol–water partition coefficient (Wildman–Crippen LogP) is 2.49. The fourth-order valence-electron chi connectivity index (χ4n) is 2.39. The van der Waals surface area contributed by atoms with Gasteiger partial charge in [0.1, 0.15) is 0 Å². The summed E-state index contributed by atoms with van der Waals surface area (Å²) in [6.45, 7) is 6.06. The van der Waals surface area contributed by atoms with Crippen molar-refractivity contribution < 1.29 is 4.79 Å². The second kappa shape index (κ2) is 6.92. The number of rotatable bonds is 6. The first-order chi connectivity index (χ1) is 10.2. The van der Waals surface area contributed by atoms with Crippen molar-refractivity contribution in [2.24, 2.45) is 0 Å². The minimum absolute atomic E-state index is 0.163. The molecular formula is C16H22N4O. The Morgan fingerprint density at radius 3 is 2.76 bits per heavy atom. The largest absolute Gasteiger partial charge is 0.397 e. The topological polar surface area (TPSA) is 71.2 Å². The summed E-state index contributed by atoms with van der Waals surface area (Å²) in [5.41, 5.74) is 7.72. The summed E-state index contributed by atoms with van der Waals surface area (Å²) in [7, 11) is 0. The van der Waals surface area contributed by atoms with Crippen LogP contribution in [0.2, 0.25) is 0 Å². The quantitative estimate of drug-likeness (QED) is 0.800. The van der Waals surface area contributed by atoms with E-state index in [4.69, 9.17) is 5.73 Å². The molecule has 1 aromatic carbocycles. The summed E-state index contributed by atoms with van der Waals surface area (Å²) in [5, 5.41) is 5.24. The summed E-state index contributed by atoms with van der Waals surface area (Å²) in [5.74, 6) is 0.163. The average Bonchev–Trinajstić information content (AvgIpc) is 2.51. The van der Waals surface area contributed by atoms with Crippen molar-refractivity contribution in [2.75, 3.05) is 30.7 Å². The molecule has 0 spiro atoms. The van der Waals surface area contributed by atoms with Crippen LogP contribution in [0, 0.1) is 0 Å². The summed E-state index contributed by atoms with van der Waals surface area (Å²) >= 11 is 0. The summed E-state index contributed by atoms with van der Waals surface area (Å²) in [6, 6.07) is 5.81. The van der Waals surface area contributed by atoms with E-state index in [0.29, 0.717) is 18.7 Å². The highest BCUT2D eigenvalue weighted by atomic mass is 16.2. The number of nitrogens with one attached hydrogen (secondary N) is 1. The number of nitrogen functional groups attached to an aromatic ring is 1. The first kappa shape index (κ1) is 15.1. The Morgan fingerprint density at radius 2 is 2.05 bits per heavy atom. The van der Waals surface area contributed by atoms with Crippen molar-refractivity contribution in [3.63, 3.8) is 0 Å². The zero-order chi connectivity index (χ0) is 15.2. The van der Waals surface area contributed by atoms with Crippen LogP contribution >= 0.6 is 0 Å². The Balaban J connectivity index is 2.01. The van der Waals surface area contributed by atoms with E-state index in [2.05, 4.69) is 10.3 Å². The molecule has 2 rings (SSSR count). The van der Waals surface area contributed by atoms with Gasteiger partial charge in [0.05, 0.1) is 11.4 Å². The molecule has 5 heteroatoms. The van der Waals surface area contributed by atoms with Crippen molar-refractivity contribution >= 4 is 28.1 Å². The number of carbonyl (C=O) groups is 1. The molecule has 1 heterocycles. The van der Waals surface area contributed by atoms with Gasteiger partial charge in [-0.1, -0.05) is 6.07 Å².